The van der Waals surface area contributed by atoms with Crippen LogP contribution in [0.5, 0.6) is 0 Å². The first-order chi connectivity index (χ1) is 23.5. The van der Waals surface area contributed by atoms with E-state index in [2.05, 4.69) is 0 Å². The van der Waals surface area contributed by atoms with Crippen molar-refractivity contribution in [1.82, 2.24) is 0 Å². The molecule has 294 valence electrons. The Bertz CT molecular complexity index is 1100. The SMILES string of the molecule is CO[C@H]1O[C@H](COP(=O)(O)O[C@H]2O[C@H](CO)[C@@H](O)[C@H](O)[C@@H]2O[C@H]2O[C@H](CO)[C@@H](O)[C@H](O)[C@@H]2O[C@H]2O[C@H](CO)[C@@H](O)[C@H](O)[C@@H]2O)[C@@H](O)[C@H](O)[C@@H]1O. The molecule has 0 spiro atoms. The monoisotopic (exact) mass is 760 g/mol. The van der Waals surface area contributed by atoms with E-state index in [-0.39, 0.29) is 0 Å². The molecule has 21 atom stereocenters. The highest BCUT2D eigenvalue weighted by Gasteiger charge is 2.55. The number of phosphoric ester groups is 1. The smallest absolute Gasteiger partial charge is 0.394 e. The molecular weight excluding hydrogens is 715 g/mol. The van der Waals surface area contributed by atoms with Crippen molar-refractivity contribution in [2.75, 3.05) is 33.5 Å². The van der Waals surface area contributed by atoms with Crippen LogP contribution in [0.2, 0.25) is 0 Å². The van der Waals surface area contributed by atoms with E-state index in [1.165, 1.54) is 0 Å². The van der Waals surface area contributed by atoms with Gasteiger partial charge in [0.15, 0.2) is 25.2 Å². The minimum atomic E-state index is -5.39. The molecule has 4 heterocycles. The molecule has 4 aliphatic heterocycles. The number of methoxy groups -OCH3 is 1. The zero-order valence-electron chi connectivity index (χ0n) is 26.2. The second kappa shape index (κ2) is 17.6. The van der Waals surface area contributed by atoms with E-state index in [1.54, 1.807) is 0 Å². The zero-order valence-corrected chi connectivity index (χ0v) is 27.1. The molecule has 4 saturated heterocycles. The Morgan fingerprint density at radius 3 is 1.38 bits per heavy atom. The Kier molecular flexibility index (Phi) is 14.8. The summed E-state index contributed by atoms with van der Waals surface area (Å²) >= 11 is 0. The molecule has 0 aromatic rings. The molecule has 0 saturated carbocycles. The van der Waals surface area contributed by atoms with E-state index in [4.69, 9.17) is 42.2 Å². The molecule has 0 aromatic heterocycles. The predicted molar refractivity (Wildman–Crippen MR) is 150 cm³/mol. The lowest BCUT2D eigenvalue weighted by atomic mass is 9.96. The lowest BCUT2D eigenvalue weighted by Crippen LogP contribution is -2.67. The molecule has 0 radical (unpaired) electrons. The third kappa shape index (κ3) is 8.98. The largest absolute Gasteiger partial charge is 0.474 e. The van der Waals surface area contributed by atoms with Gasteiger partial charge in [0.2, 0.25) is 0 Å². The minimum absolute atomic E-state index is 0.872. The van der Waals surface area contributed by atoms with Crippen LogP contribution >= 0.6 is 7.82 Å². The van der Waals surface area contributed by atoms with E-state index in [0.717, 1.165) is 7.11 Å². The first kappa shape index (κ1) is 42.1. The van der Waals surface area contributed by atoms with Gasteiger partial charge in [-0.05, 0) is 0 Å². The maximum atomic E-state index is 13.0. The van der Waals surface area contributed by atoms with Gasteiger partial charge in [0.25, 0.3) is 0 Å². The highest BCUT2D eigenvalue weighted by Crippen LogP contribution is 2.48. The molecule has 0 aliphatic carbocycles. The van der Waals surface area contributed by atoms with Gasteiger partial charge >= 0.3 is 7.82 Å². The molecule has 14 N–H and O–H groups in total. The van der Waals surface area contributed by atoms with Crippen LogP contribution in [-0.2, 0) is 46.8 Å². The van der Waals surface area contributed by atoms with Gasteiger partial charge < -0.3 is 104 Å². The van der Waals surface area contributed by atoms with Crippen LogP contribution < -0.4 is 0 Å². The Morgan fingerprint density at radius 2 is 0.880 bits per heavy atom. The fraction of sp³-hybridized carbons (Fsp3) is 1.00. The van der Waals surface area contributed by atoms with Crippen LogP contribution in [0.1, 0.15) is 0 Å². The van der Waals surface area contributed by atoms with Gasteiger partial charge in [-0.2, -0.15) is 0 Å². The summed E-state index contributed by atoms with van der Waals surface area (Å²) in [5.41, 5.74) is 0. The number of aliphatic hydroxyl groups excluding tert-OH is 13. The molecule has 25 heteroatoms. The number of ether oxygens (including phenoxy) is 7. The fourth-order valence-electron chi connectivity index (χ4n) is 5.66. The van der Waals surface area contributed by atoms with Crippen molar-refractivity contribution in [2.24, 2.45) is 0 Å². The summed E-state index contributed by atoms with van der Waals surface area (Å²) in [7, 11) is -4.29. The number of hydrogen-bond donors (Lipinski definition) is 14. The van der Waals surface area contributed by atoms with Crippen LogP contribution in [0.15, 0.2) is 0 Å². The molecular formula is C25H45O24P. The molecule has 24 nitrogen and oxygen atoms in total. The van der Waals surface area contributed by atoms with Crippen LogP contribution in [-0.4, -0.2) is 228 Å². The van der Waals surface area contributed by atoms with Crippen LogP contribution in [0.25, 0.3) is 0 Å². The first-order valence-corrected chi connectivity index (χ1v) is 16.7. The van der Waals surface area contributed by atoms with Crippen molar-refractivity contribution in [3.8, 4) is 0 Å². The summed E-state index contributed by atoms with van der Waals surface area (Å²) in [4.78, 5) is 10.5. The normalized spacial score (nSPS) is 50.1. The van der Waals surface area contributed by atoms with Crippen molar-refractivity contribution in [2.45, 2.75) is 123 Å². The average Bonchev–Trinajstić information content (AvgIpc) is 3.09. The molecule has 0 bridgehead atoms. The highest BCUT2D eigenvalue weighted by atomic mass is 31.2. The van der Waals surface area contributed by atoms with Gasteiger partial charge in [-0.25, -0.2) is 4.57 Å². The van der Waals surface area contributed by atoms with Crippen LogP contribution in [0.4, 0.5) is 0 Å². The van der Waals surface area contributed by atoms with E-state index in [1.807, 2.05) is 0 Å². The summed E-state index contributed by atoms with van der Waals surface area (Å²) in [5, 5.41) is 133. The summed E-state index contributed by atoms with van der Waals surface area (Å²) in [6.45, 7) is -3.78. The predicted octanol–water partition coefficient (Wildman–Crippen LogP) is -8.98. The van der Waals surface area contributed by atoms with Crippen molar-refractivity contribution >= 4 is 7.82 Å². The third-order valence-electron chi connectivity index (χ3n) is 8.62. The highest BCUT2D eigenvalue weighted by molar-refractivity contribution is 7.47. The lowest BCUT2D eigenvalue weighted by molar-refractivity contribution is -0.389. The van der Waals surface area contributed by atoms with E-state index < -0.39 is 157 Å². The zero-order chi connectivity index (χ0) is 37.2. The summed E-state index contributed by atoms with van der Waals surface area (Å²) < 4.78 is 60.3. The van der Waals surface area contributed by atoms with E-state index in [9.17, 15) is 75.8 Å². The van der Waals surface area contributed by atoms with Gasteiger partial charge in [-0.1, -0.05) is 0 Å². The molecule has 4 rings (SSSR count). The number of aliphatic hydroxyl groups is 13. The van der Waals surface area contributed by atoms with Gasteiger partial charge in [0.05, 0.1) is 26.4 Å². The fourth-order valence-corrected chi connectivity index (χ4v) is 6.49. The summed E-state index contributed by atoms with van der Waals surface area (Å²) in [6.07, 6.45) is -37.6. The second-order valence-electron chi connectivity index (χ2n) is 11.9. The molecule has 4 fully saturated rings. The topological polar surface area (TPSA) is 383 Å². The van der Waals surface area contributed by atoms with E-state index >= 15 is 0 Å². The molecule has 1 unspecified atom stereocenters. The third-order valence-corrected chi connectivity index (χ3v) is 9.57. The molecule has 4 aliphatic rings. The minimum Gasteiger partial charge on any atom is -0.394 e. The maximum Gasteiger partial charge on any atom is 0.474 e. The standard InChI is InChI=1S/C25H45O24P/c1-41-22-18(37)15(34)13(32)9(46-22)5-42-50(39,40)49-25-21(17(36)12(31)8(4-28)45-25)48-24-20(16(35)11(30)7(3-27)44-24)47-23-19(38)14(33)10(29)6(2-26)43-23/h6-38H,2-5H2,1H3,(H,39,40)/t6-,7-,8-,9-,10-,11-,12-,13-,14+,15+,16+,17+,18+,19+,20+,21+,22+,23-,24-,25-/m1/s1. The Hall–Kier alpha value is -0.690. The Labute approximate surface area is 282 Å². The van der Waals surface area contributed by atoms with Crippen molar-refractivity contribution < 1.29 is 118 Å². The van der Waals surface area contributed by atoms with Gasteiger partial charge in [-0.15, -0.1) is 0 Å². The van der Waals surface area contributed by atoms with Crippen molar-refractivity contribution in [3.63, 3.8) is 0 Å². The van der Waals surface area contributed by atoms with Crippen LogP contribution in [0.3, 0.4) is 0 Å². The first-order valence-electron chi connectivity index (χ1n) is 15.2. The number of phosphoric acid groups is 1. The average molecular weight is 761 g/mol. The lowest BCUT2D eigenvalue weighted by Gasteiger charge is -2.48. The Balaban J connectivity index is 1.56. The maximum absolute atomic E-state index is 13.0. The van der Waals surface area contributed by atoms with Crippen LogP contribution in [0, 0.1) is 0 Å². The van der Waals surface area contributed by atoms with Crippen molar-refractivity contribution in [3.05, 3.63) is 0 Å². The summed E-state index contributed by atoms with van der Waals surface area (Å²) in [6, 6.07) is 0. The second-order valence-corrected chi connectivity index (χ2v) is 13.3. The molecule has 0 aromatic carbocycles. The number of rotatable bonds is 13. The van der Waals surface area contributed by atoms with Gasteiger partial charge in [-0.3, -0.25) is 9.05 Å². The number of hydrogen-bond acceptors (Lipinski definition) is 23. The van der Waals surface area contributed by atoms with E-state index in [0.29, 0.717) is 0 Å². The Morgan fingerprint density at radius 1 is 0.500 bits per heavy atom. The van der Waals surface area contributed by atoms with Gasteiger partial charge in [0.1, 0.15) is 97.7 Å². The quantitative estimate of drug-likeness (QED) is 0.0775. The summed E-state index contributed by atoms with van der Waals surface area (Å²) in [5.74, 6) is 0. The molecule has 50 heavy (non-hydrogen) atoms. The van der Waals surface area contributed by atoms with Gasteiger partial charge in [0, 0.05) is 7.11 Å². The van der Waals surface area contributed by atoms with Crippen molar-refractivity contribution in [1.29, 1.82) is 0 Å². The molecule has 0 amide bonds.